The highest BCUT2D eigenvalue weighted by Gasteiger charge is 1.86. The summed E-state index contributed by atoms with van der Waals surface area (Å²) in [5.41, 5.74) is 6.35. The van der Waals surface area contributed by atoms with E-state index in [1.54, 1.807) is 24.3 Å². The number of hydrogen-bond acceptors (Lipinski definition) is 2. The molecule has 0 aliphatic rings. The van der Waals surface area contributed by atoms with Crippen molar-refractivity contribution in [1.82, 2.24) is 0 Å². The zero-order chi connectivity index (χ0) is 8.69. The standard InChI is InChI=1S/C7H9NO.C2H2/c8-5-6-1-3-7(9)4-2-6;1-2/h1-4,9H,5,8H2;1-2H. The van der Waals surface area contributed by atoms with Gasteiger partial charge in [0, 0.05) is 6.54 Å². The molecule has 2 heteroatoms. The fourth-order valence-corrected chi connectivity index (χ4v) is 0.632. The van der Waals surface area contributed by atoms with Gasteiger partial charge in [0.25, 0.3) is 0 Å². The molecule has 0 aliphatic heterocycles. The van der Waals surface area contributed by atoms with Crippen LogP contribution in [0, 0.1) is 12.8 Å². The molecule has 11 heavy (non-hydrogen) atoms. The number of phenolic OH excluding ortho intramolecular Hbond substituents is 1. The van der Waals surface area contributed by atoms with Gasteiger partial charge in [-0.05, 0) is 17.7 Å². The quantitative estimate of drug-likeness (QED) is 0.587. The summed E-state index contributed by atoms with van der Waals surface area (Å²) in [6.07, 6.45) is 8.00. The van der Waals surface area contributed by atoms with Crippen molar-refractivity contribution >= 4 is 0 Å². The minimum absolute atomic E-state index is 0.284. The number of terminal acetylenes is 1. The number of hydrogen-bond donors (Lipinski definition) is 2. The van der Waals surface area contributed by atoms with Crippen LogP contribution in [0.15, 0.2) is 24.3 Å². The third kappa shape index (κ3) is 3.29. The number of phenols is 1. The minimum atomic E-state index is 0.284. The summed E-state index contributed by atoms with van der Waals surface area (Å²) in [6.45, 7) is 0.528. The zero-order valence-corrected chi connectivity index (χ0v) is 6.20. The smallest absolute Gasteiger partial charge is 0.115 e. The van der Waals surface area contributed by atoms with E-state index in [2.05, 4.69) is 12.8 Å². The van der Waals surface area contributed by atoms with Gasteiger partial charge < -0.3 is 10.8 Å². The highest BCUT2D eigenvalue weighted by atomic mass is 16.3. The molecular weight excluding hydrogens is 138 g/mol. The van der Waals surface area contributed by atoms with Crippen molar-refractivity contribution in [3.05, 3.63) is 29.8 Å². The predicted octanol–water partition coefficient (Wildman–Crippen LogP) is 1.10. The molecule has 0 heterocycles. The lowest BCUT2D eigenvalue weighted by Crippen LogP contribution is -1.94. The molecule has 0 saturated carbocycles. The van der Waals surface area contributed by atoms with Gasteiger partial charge in [-0.3, -0.25) is 0 Å². The van der Waals surface area contributed by atoms with Crippen molar-refractivity contribution < 1.29 is 5.11 Å². The maximum Gasteiger partial charge on any atom is 0.115 e. The lowest BCUT2D eigenvalue weighted by Gasteiger charge is -1.93. The molecule has 0 radical (unpaired) electrons. The molecule has 0 saturated heterocycles. The number of rotatable bonds is 1. The molecule has 0 aliphatic carbocycles. The summed E-state index contributed by atoms with van der Waals surface area (Å²) in [4.78, 5) is 0. The largest absolute Gasteiger partial charge is 0.508 e. The number of aromatic hydroxyl groups is 1. The molecule has 0 fully saturated rings. The van der Waals surface area contributed by atoms with Gasteiger partial charge in [0.2, 0.25) is 0 Å². The Hall–Kier alpha value is -1.46. The van der Waals surface area contributed by atoms with E-state index in [1.165, 1.54) is 0 Å². The Kier molecular flexibility index (Phi) is 4.63. The molecule has 1 aromatic carbocycles. The van der Waals surface area contributed by atoms with E-state index >= 15 is 0 Å². The summed E-state index contributed by atoms with van der Waals surface area (Å²) in [5, 5.41) is 8.81. The van der Waals surface area contributed by atoms with Crippen LogP contribution in [0.4, 0.5) is 0 Å². The first-order chi connectivity index (χ1) is 5.33. The summed E-state index contributed by atoms with van der Waals surface area (Å²) in [6, 6.07) is 6.86. The van der Waals surface area contributed by atoms with Crippen LogP contribution in [-0.2, 0) is 6.54 Å². The van der Waals surface area contributed by atoms with Crippen LogP contribution in [0.5, 0.6) is 5.75 Å². The van der Waals surface area contributed by atoms with Gasteiger partial charge in [-0.15, -0.1) is 12.8 Å². The Balaban J connectivity index is 0.000000461. The SMILES string of the molecule is C#C.NCc1ccc(O)cc1. The molecule has 0 aromatic heterocycles. The maximum atomic E-state index is 8.81. The van der Waals surface area contributed by atoms with Crippen LogP contribution in [0.2, 0.25) is 0 Å². The minimum Gasteiger partial charge on any atom is -0.508 e. The van der Waals surface area contributed by atoms with E-state index in [0.29, 0.717) is 6.54 Å². The second-order valence-corrected chi connectivity index (χ2v) is 1.87. The number of benzene rings is 1. The Morgan fingerprint density at radius 2 is 1.64 bits per heavy atom. The lowest BCUT2D eigenvalue weighted by molar-refractivity contribution is 0.475. The third-order valence-corrected chi connectivity index (χ3v) is 1.17. The van der Waals surface area contributed by atoms with Crippen molar-refractivity contribution in [1.29, 1.82) is 0 Å². The van der Waals surface area contributed by atoms with Gasteiger partial charge in [0.1, 0.15) is 5.75 Å². The van der Waals surface area contributed by atoms with Crippen LogP contribution in [-0.4, -0.2) is 5.11 Å². The van der Waals surface area contributed by atoms with E-state index in [9.17, 15) is 0 Å². The van der Waals surface area contributed by atoms with Gasteiger partial charge in [-0.2, -0.15) is 0 Å². The van der Waals surface area contributed by atoms with Gasteiger partial charge in [0.15, 0.2) is 0 Å². The predicted molar refractivity (Wildman–Crippen MR) is 45.9 cm³/mol. The molecule has 0 amide bonds. The highest BCUT2D eigenvalue weighted by molar-refractivity contribution is 5.25. The average Bonchev–Trinajstić information content (AvgIpc) is 2.10. The van der Waals surface area contributed by atoms with Crippen molar-refractivity contribution in [2.75, 3.05) is 0 Å². The van der Waals surface area contributed by atoms with E-state index in [0.717, 1.165) is 5.56 Å². The van der Waals surface area contributed by atoms with Crippen molar-refractivity contribution in [2.24, 2.45) is 5.73 Å². The van der Waals surface area contributed by atoms with Gasteiger partial charge in [-0.1, -0.05) is 12.1 Å². The van der Waals surface area contributed by atoms with Crippen LogP contribution in [0.1, 0.15) is 5.56 Å². The first-order valence-corrected chi connectivity index (χ1v) is 3.14. The molecule has 3 N–H and O–H groups in total. The van der Waals surface area contributed by atoms with Gasteiger partial charge >= 0.3 is 0 Å². The summed E-state index contributed by atoms with van der Waals surface area (Å²) in [7, 11) is 0. The molecule has 1 aromatic rings. The Labute approximate surface area is 66.7 Å². The molecule has 2 nitrogen and oxygen atoms in total. The fraction of sp³-hybridized carbons (Fsp3) is 0.111. The van der Waals surface area contributed by atoms with Crippen LogP contribution < -0.4 is 5.73 Å². The summed E-state index contributed by atoms with van der Waals surface area (Å²) < 4.78 is 0. The van der Waals surface area contributed by atoms with E-state index in [1.807, 2.05) is 0 Å². The van der Waals surface area contributed by atoms with Crippen LogP contribution >= 0.6 is 0 Å². The third-order valence-electron chi connectivity index (χ3n) is 1.17. The molecular formula is C9H11NO. The van der Waals surface area contributed by atoms with Crippen molar-refractivity contribution in [3.63, 3.8) is 0 Å². The van der Waals surface area contributed by atoms with E-state index < -0.39 is 0 Å². The molecule has 0 atom stereocenters. The second-order valence-electron chi connectivity index (χ2n) is 1.87. The highest BCUT2D eigenvalue weighted by Crippen LogP contribution is 2.08. The topological polar surface area (TPSA) is 46.2 Å². The molecule has 0 bridgehead atoms. The Morgan fingerprint density at radius 3 is 2.00 bits per heavy atom. The molecule has 0 spiro atoms. The first kappa shape index (κ1) is 9.54. The van der Waals surface area contributed by atoms with Gasteiger partial charge in [0.05, 0.1) is 0 Å². The first-order valence-electron chi connectivity index (χ1n) is 3.14. The van der Waals surface area contributed by atoms with Crippen LogP contribution in [0.25, 0.3) is 0 Å². The maximum absolute atomic E-state index is 8.81. The summed E-state index contributed by atoms with van der Waals surface area (Å²) >= 11 is 0. The zero-order valence-electron chi connectivity index (χ0n) is 6.20. The van der Waals surface area contributed by atoms with Crippen molar-refractivity contribution in [3.8, 4) is 18.6 Å². The monoisotopic (exact) mass is 149 g/mol. The van der Waals surface area contributed by atoms with Crippen LogP contribution in [0.3, 0.4) is 0 Å². The molecule has 58 valence electrons. The van der Waals surface area contributed by atoms with E-state index in [4.69, 9.17) is 10.8 Å². The van der Waals surface area contributed by atoms with Gasteiger partial charge in [-0.25, -0.2) is 0 Å². The molecule has 0 unspecified atom stereocenters. The van der Waals surface area contributed by atoms with E-state index in [-0.39, 0.29) is 5.75 Å². The number of nitrogens with two attached hydrogens (primary N) is 1. The summed E-state index contributed by atoms with van der Waals surface area (Å²) in [5.74, 6) is 0.284. The Bertz CT molecular complexity index is 213. The normalized spacial score (nSPS) is 7.91. The Morgan fingerprint density at radius 1 is 1.18 bits per heavy atom. The second kappa shape index (κ2) is 5.33. The fourth-order valence-electron chi connectivity index (χ4n) is 0.632. The lowest BCUT2D eigenvalue weighted by atomic mass is 10.2. The average molecular weight is 149 g/mol. The van der Waals surface area contributed by atoms with Crippen molar-refractivity contribution in [2.45, 2.75) is 6.54 Å². The molecule has 1 rings (SSSR count).